The predicted molar refractivity (Wildman–Crippen MR) is 134 cm³/mol. The van der Waals surface area contributed by atoms with Gasteiger partial charge in [0, 0.05) is 10.4 Å². The fourth-order valence-electron chi connectivity index (χ4n) is 2.75. The lowest BCUT2D eigenvalue weighted by Crippen LogP contribution is -2.23. The van der Waals surface area contributed by atoms with Gasteiger partial charge in [0.05, 0.1) is 31.4 Å². The van der Waals surface area contributed by atoms with Crippen LogP contribution < -0.4 is 10.3 Å². The first-order valence-corrected chi connectivity index (χ1v) is 11.6. The zero-order valence-corrected chi connectivity index (χ0v) is 21.4. The average Bonchev–Trinajstić information content (AvgIpc) is 2.66. The molecule has 0 unspecified atom stereocenters. The van der Waals surface area contributed by atoms with Gasteiger partial charge in [0.1, 0.15) is 11.6 Å². The van der Waals surface area contributed by atoms with E-state index in [1.807, 2.05) is 24.3 Å². The third kappa shape index (κ3) is 4.43. The number of halogens is 3. The fourth-order valence-corrected chi connectivity index (χ4v) is 5.37. The fraction of sp³-hybridized carbons (Fsp3) is 0.250. The summed E-state index contributed by atoms with van der Waals surface area (Å²) < 4.78 is 9.65. The number of hydrogen-bond acceptors (Lipinski definition) is 4. The van der Waals surface area contributed by atoms with Crippen molar-refractivity contribution in [3.63, 3.8) is 0 Å². The van der Waals surface area contributed by atoms with Gasteiger partial charge in [0.25, 0.3) is 5.56 Å². The molecule has 0 aliphatic carbocycles. The lowest BCUT2D eigenvalue weighted by atomic mass is 10.1. The Morgan fingerprint density at radius 2 is 1.96 bits per heavy atom. The van der Waals surface area contributed by atoms with Crippen LogP contribution in [0.25, 0.3) is 10.9 Å². The van der Waals surface area contributed by atoms with Gasteiger partial charge in [-0.25, -0.2) is 4.98 Å². The Morgan fingerprint density at radius 1 is 1.29 bits per heavy atom. The molecule has 28 heavy (non-hydrogen) atoms. The van der Waals surface area contributed by atoms with Gasteiger partial charge in [-0.2, -0.15) is 9.78 Å². The highest BCUT2D eigenvalue weighted by Gasteiger charge is 2.15. The number of hydrogen-bond donors (Lipinski definition) is 0. The zero-order valence-electron chi connectivity index (χ0n) is 15.5. The maximum absolute atomic E-state index is 13.1. The maximum Gasteiger partial charge on any atom is 0.282 e. The highest BCUT2D eigenvalue weighted by molar-refractivity contribution is 14.1. The summed E-state index contributed by atoms with van der Waals surface area (Å²) in [6.45, 7) is 4.13. The maximum atomic E-state index is 13.1. The highest BCUT2D eigenvalue weighted by Crippen LogP contribution is 2.28. The summed E-state index contributed by atoms with van der Waals surface area (Å²) in [5.41, 5.74) is 1.41. The standard InChI is InChI=1S/C20H18BrI2N3O2/c1-4-11(2)19-25-17-6-5-13(21)9-14(17)20(27)26(19)24-10-12-7-15(22)18(28-3)16(23)8-12/h5-11H,4H2,1-3H3/t11-/m0/s1. The van der Waals surface area contributed by atoms with E-state index in [9.17, 15) is 4.79 Å². The molecule has 146 valence electrons. The minimum atomic E-state index is -0.171. The van der Waals surface area contributed by atoms with Crippen LogP contribution in [0.3, 0.4) is 0 Å². The lowest BCUT2D eigenvalue weighted by molar-refractivity contribution is 0.409. The molecule has 0 bridgehead atoms. The van der Waals surface area contributed by atoms with Crippen LogP contribution in [0, 0.1) is 7.14 Å². The van der Waals surface area contributed by atoms with Gasteiger partial charge in [-0.15, -0.1) is 0 Å². The molecule has 0 saturated carbocycles. The first-order chi connectivity index (χ1) is 13.3. The van der Waals surface area contributed by atoms with Crippen molar-refractivity contribution in [3.05, 3.63) is 63.7 Å². The van der Waals surface area contributed by atoms with Crippen LogP contribution in [0.5, 0.6) is 5.75 Å². The molecule has 0 aliphatic rings. The van der Waals surface area contributed by atoms with E-state index < -0.39 is 0 Å². The van der Waals surface area contributed by atoms with E-state index in [2.05, 4.69) is 80.1 Å². The molecule has 0 aliphatic heterocycles. The molecule has 5 nitrogen and oxygen atoms in total. The van der Waals surface area contributed by atoms with Gasteiger partial charge in [-0.1, -0.05) is 29.8 Å². The van der Waals surface area contributed by atoms with Crippen LogP contribution in [0.1, 0.15) is 37.6 Å². The molecular weight excluding hydrogens is 648 g/mol. The van der Waals surface area contributed by atoms with Crippen molar-refractivity contribution in [1.82, 2.24) is 9.66 Å². The summed E-state index contributed by atoms with van der Waals surface area (Å²) >= 11 is 7.90. The Morgan fingerprint density at radius 3 is 2.57 bits per heavy atom. The van der Waals surface area contributed by atoms with Crippen LogP contribution in [-0.2, 0) is 0 Å². The first kappa shape index (κ1) is 21.7. The molecule has 8 heteroatoms. The summed E-state index contributed by atoms with van der Waals surface area (Å²) in [6, 6.07) is 9.49. The van der Waals surface area contributed by atoms with Crippen molar-refractivity contribution < 1.29 is 4.74 Å². The number of fused-ring (bicyclic) bond motifs is 1. The van der Waals surface area contributed by atoms with Crippen molar-refractivity contribution in [3.8, 4) is 5.75 Å². The SMILES string of the molecule is CC[C@H](C)c1nc2ccc(Br)cc2c(=O)n1N=Cc1cc(I)c(OC)c(I)c1. The molecular formula is C20H18BrI2N3O2. The van der Waals surface area contributed by atoms with Crippen molar-refractivity contribution in [1.29, 1.82) is 0 Å². The highest BCUT2D eigenvalue weighted by atomic mass is 127. The van der Waals surface area contributed by atoms with Gasteiger partial charge >= 0.3 is 0 Å². The van der Waals surface area contributed by atoms with Crippen LogP contribution in [-0.4, -0.2) is 23.0 Å². The van der Waals surface area contributed by atoms with Gasteiger partial charge in [-0.05, 0) is 87.5 Å². The van der Waals surface area contributed by atoms with Gasteiger partial charge < -0.3 is 4.74 Å². The Hall–Kier alpha value is -1.01. The van der Waals surface area contributed by atoms with E-state index >= 15 is 0 Å². The third-order valence-corrected chi connectivity index (χ3v) is 6.53. The number of ether oxygens (including phenoxy) is 1. The summed E-state index contributed by atoms with van der Waals surface area (Å²) in [5, 5.41) is 5.06. The molecule has 1 heterocycles. The number of nitrogens with zero attached hydrogens (tertiary/aromatic N) is 3. The third-order valence-electron chi connectivity index (χ3n) is 4.43. The van der Waals surface area contributed by atoms with Crippen molar-refractivity contribution in [2.45, 2.75) is 26.2 Å². The molecule has 0 fully saturated rings. The molecule has 0 radical (unpaired) electrons. The average molecular weight is 666 g/mol. The minimum Gasteiger partial charge on any atom is -0.495 e. The summed E-state index contributed by atoms with van der Waals surface area (Å²) in [5.74, 6) is 1.61. The van der Waals surface area contributed by atoms with Gasteiger partial charge in [0.15, 0.2) is 0 Å². The Bertz CT molecular complexity index is 1110. The lowest BCUT2D eigenvalue weighted by Gasteiger charge is -2.14. The zero-order chi connectivity index (χ0) is 20.4. The van der Waals surface area contributed by atoms with E-state index in [-0.39, 0.29) is 11.5 Å². The molecule has 1 aromatic heterocycles. The second kappa shape index (κ2) is 9.21. The molecule has 0 spiro atoms. The second-order valence-corrected chi connectivity index (χ2v) is 9.56. The summed E-state index contributed by atoms with van der Waals surface area (Å²) in [4.78, 5) is 17.9. The Labute approximate surface area is 199 Å². The number of rotatable bonds is 5. The first-order valence-electron chi connectivity index (χ1n) is 8.65. The largest absolute Gasteiger partial charge is 0.495 e. The number of methoxy groups -OCH3 is 1. The Kier molecular flexibility index (Phi) is 7.13. The van der Waals surface area contributed by atoms with E-state index in [0.29, 0.717) is 16.7 Å². The van der Waals surface area contributed by atoms with Crippen molar-refractivity contribution in [2.24, 2.45) is 5.10 Å². The summed E-state index contributed by atoms with van der Waals surface area (Å²) in [7, 11) is 1.66. The molecule has 2 aromatic carbocycles. The number of aromatic nitrogens is 2. The molecule has 0 saturated heterocycles. The molecule has 3 aromatic rings. The predicted octanol–water partition coefficient (Wildman–Crippen LogP) is 5.77. The smallest absolute Gasteiger partial charge is 0.282 e. The Balaban J connectivity index is 2.17. The molecule has 3 rings (SSSR count). The van der Waals surface area contributed by atoms with Crippen LogP contribution >= 0.6 is 61.1 Å². The minimum absolute atomic E-state index is 0.106. The van der Waals surface area contributed by atoms with Crippen molar-refractivity contribution >= 4 is 78.2 Å². The second-order valence-electron chi connectivity index (χ2n) is 6.32. The van der Waals surface area contributed by atoms with Gasteiger partial charge in [-0.3, -0.25) is 4.79 Å². The van der Waals surface area contributed by atoms with Crippen LogP contribution in [0.4, 0.5) is 0 Å². The topological polar surface area (TPSA) is 56.5 Å². The number of benzene rings is 2. The van der Waals surface area contributed by atoms with Crippen molar-refractivity contribution in [2.75, 3.05) is 7.11 Å². The van der Waals surface area contributed by atoms with Crippen LogP contribution in [0.15, 0.2) is 44.7 Å². The quantitative estimate of drug-likeness (QED) is 0.257. The van der Waals surface area contributed by atoms with E-state index in [0.717, 1.165) is 29.3 Å². The molecule has 0 N–H and O–H groups in total. The normalized spacial score (nSPS) is 12.6. The summed E-state index contributed by atoms with van der Waals surface area (Å²) in [6.07, 6.45) is 2.56. The van der Waals surface area contributed by atoms with E-state index in [4.69, 9.17) is 9.72 Å². The van der Waals surface area contributed by atoms with Crippen LogP contribution in [0.2, 0.25) is 0 Å². The monoisotopic (exact) mass is 665 g/mol. The molecule has 1 atom stereocenters. The molecule has 0 amide bonds. The van der Waals surface area contributed by atoms with Gasteiger partial charge in [0.2, 0.25) is 0 Å². The van der Waals surface area contributed by atoms with E-state index in [1.54, 1.807) is 19.4 Å². The van der Waals surface area contributed by atoms with E-state index in [1.165, 1.54) is 4.68 Å².